The molecule has 2 aliphatic heterocycles. The van der Waals surface area contributed by atoms with Crippen molar-refractivity contribution in [3.8, 4) is 0 Å². The monoisotopic (exact) mass is 480 g/mol. The average molecular weight is 481 g/mol. The quantitative estimate of drug-likeness (QED) is 0.594. The van der Waals surface area contributed by atoms with Gasteiger partial charge in [0.1, 0.15) is 9.64 Å². The Morgan fingerprint density at radius 2 is 1.90 bits per heavy atom. The Hall–Kier alpha value is -0.890. The van der Waals surface area contributed by atoms with E-state index in [1.165, 1.54) is 30.0 Å². The van der Waals surface area contributed by atoms with Crippen LogP contribution in [-0.4, -0.2) is 41.5 Å². The van der Waals surface area contributed by atoms with Gasteiger partial charge in [0.15, 0.2) is 0 Å². The maximum Gasteiger partial charge on any atom is 0.263 e. The Kier molecular flexibility index (Phi) is 5.77. The number of sulfonamides is 1. The summed E-state index contributed by atoms with van der Waals surface area (Å²) in [5.41, 5.74) is 0. The number of hydrogen-bond acceptors (Lipinski definition) is 4. The highest BCUT2D eigenvalue weighted by atomic mass is 35.5. The van der Waals surface area contributed by atoms with E-state index in [0.717, 1.165) is 23.3 Å². The third-order valence-electron chi connectivity index (χ3n) is 7.99. The Labute approximate surface area is 194 Å². The normalized spacial score (nSPS) is 34.5. The summed E-state index contributed by atoms with van der Waals surface area (Å²) in [6.07, 6.45) is 7.67. The van der Waals surface area contributed by atoms with Crippen molar-refractivity contribution >= 4 is 44.3 Å². The van der Waals surface area contributed by atoms with Gasteiger partial charge in [-0.3, -0.25) is 4.79 Å². The SMILES string of the molecule is CC1(C2CCN(S(=O)(=O)c3ccccc3Cl)CC2)SC(C[C@H]2C[C@@H]3CC[C@H]2C3)=NC1=O. The lowest BCUT2D eigenvalue weighted by Gasteiger charge is -2.38. The molecule has 2 heterocycles. The lowest BCUT2D eigenvalue weighted by Crippen LogP contribution is -2.46. The number of hydrogen-bond donors (Lipinski definition) is 0. The number of benzene rings is 1. The smallest absolute Gasteiger partial charge is 0.263 e. The van der Waals surface area contributed by atoms with E-state index in [-0.39, 0.29) is 21.7 Å². The Morgan fingerprint density at radius 1 is 1.16 bits per heavy atom. The molecule has 1 unspecified atom stereocenters. The molecular formula is C23H29ClN2O3S2. The molecule has 5 rings (SSSR count). The summed E-state index contributed by atoms with van der Waals surface area (Å²) in [6.45, 7) is 2.83. The number of piperidine rings is 1. The van der Waals surface area contributed by atoms with E-state index in [0.29, 0.717) is 31.8 Å². The third kappa shape index (κ3) is 3.90. The number of halogens is 1. The molecule has 1 aromatic rings. The highest BCUT2D eigenvalue weighted by Crippen LogP contribution is 2.52. The summed E-state index contributed by atoms with van der Waals surface area (Å²) in [5, 5.41) is 1.26. The van der Waals surface area contributed by atoms with Gasteiger partial charge in [-0.05, 0) is 81.3 Å². The number of amides is 1. The molecule has 31 heavy (non-hydrogen) atoms. The van der Waals surface area contributed by atoms with Crippen molar-refractivity contribution in [2.75, 3.05) is 13.1 Å². The van der Waals surface area contributed by atoms with E-state index in [1.54, 1.807) is 36.0 Å². The number of thioether (sulfide) groups is 1. The molecule has 2 bridgehead atoms. The maximum absolute atomic E-state index is 13.0. The molecule has 0 radical (unpaired) electrons. The molecule has 4 aliphatic rings. The lowest BCUT2D eigenvalue weighted by atomic mass is 9.84. The van der Waals surface area contributed by atoms with Crippen LogP contribution in [0.2, 0.25) is 5.02 Å². The van der Waals surface area contributed by atoms with Crippen molar-refractivity contribution in [1.29, 1.82) is 0 Å². The number of carbonyl (C=O) groups is 1. The van der Waals surface area contributed by atoms with Crippen LogP contribution < -0.4 is 0 Å². The zero-order valence-corrected chi connectivity index (χ0v) is 20.2. The third-order valence-corrected chi connectivity index (χ3v) is 11.8. The van der Waals surface area contributed by atoms with E-state index in [4.69, 9.17) is 11.6 Å². The molecular weight excluding hydrogens is 452 g/mol. The van der Waals surface area contributed by atoms with Gasteiger partial charge < -0.3 is 0 Å². The first-order chi connectivity index (χ1) is 14.8. The van der Waals surface area contributed by atoms with E-state index < -0.39 is 14.8 Å². The van der Waals surface area contributed by atoms with E-state index in [1.807, 2.05) is 6.92 Å². The Morgan fingerprint density at radius 3 is 2.55 bits per heavy atom. The molecule has 168 valence electrons. The van der Waals surface area contributed by atoms with Gasteiger partial charge in [0.25, 0.3) is 5.91 Å². The minimum absolute atomic E-state index is 0.0249. The van der Waals surface area contributed by atoms with Crippen molar-refractivity contribution in [3.05, 3.63) is 29.3 Å². The molecule has 1 saturated heterocycles. The molecule has 2 aliphatic carbocycles. The van der Waals surface area contributed by atoms with Crippen molar-refractivity contribution in [3.63, 3.8) is 0 Å². The topological polar surface area (TPSA) is 66.8 Å². The van der Waals surface area contributed by atoms with Crippen molar-refractivity contribution in [1.82, 2.24) is 4.31 Å². The predicted molar refractivity (Wildman–Crippen MR) is 125 cm³/mol. The minimum atomic E-state index is -3.62. The predicted octanol–water partition coefficient (Wildman–Crippen LogP) is 5.00. The molecule has 1 amide bonds. The summed E-state index contributed by atoms with van der Waals surface area (Å²) < 4.78 is 27.0. The summed E-state index contributed by atoms with van der Waals surface area (Å²) in [4.78, 5) is 17.6. The van der Waals surface area contributed by atoms with E-state index in [9.17, 15) is 13.2 Å². The first kappa shape index (κ1) is 21.9. The summed E-state index contributed by atoms with van der Waals surface area (Å²) in [6, 6.07) is 6.57. The molecule has 0 aromatic heterocycles. The van der Waals surface area contributed by atoms with Crippen LogP contribution in [0.4, 0.5) is 0 Å². The van der Waals surface area contributed by atoms with Gasteiger partial charge in [-0.2, -0.15) is 4.31 Å². The highest BCUT2D eigenvalue weighted by molar-refractivity contribution is 8.16. The first-order valence-corrected chi connectivity index (χ1v) is 14.0. The second kappa shape index (κ2) is 8.15. The number of rotatable bonds is 5. The number of carbonyl (C=O) groups excluding carboxylic acids is 1. The molecule has 2 saturated carbocycles. The number of aliphatic imine (C=N–C) groups is 1. The van der Waals surface area contributed by atoms with Crippen LogP contribution in [0, 0.1) is 23.7 Å². The second-order valence-corrected chi connectivity index (χ2v) is 13.6. The molecule has 4 atom stereocenters. The maximum atomic E-state index is 13.0. The lowest BCUT2D eigenvalue weighted by molar-refractivity contribution is -0.121. The fourth-order valence-corrected chi connectivity index (χ4v) is 9.59. The number of nitrogens with zero attached hydrogens (tertiary/aromatic N) is 2. The van der Waals surface area contributed by atoms with Crippen LogP contribution in [0.25, 0.3) is 0 Å². The van der Waals surface area contributed by atoms with Gasteiger partial charge in [0.2, 0.25) is 10.0 Å². The zero-order valence-electron chi connectivity index (χ0n) is 17.8. The summed E-state index contributed by atoms with van der Waals surface area (Å²) in [7, 11) is -3.62. The fourth-order valence-electron chi connectivity index (χ4n) is 6.17. The molecule has 0 N–H and O–H groups in total. The van der Waals surface area contributed by atoms with Crippen molar-refractivity contribution in [2.45, 2.75) is 61.5 Å². The van der Waals surface area contributed by atoms with Crippen LogP contribution in [0.15, 0.2) is 34.2 Å². The molecule has 5 nitrogen and oxygen atoms in total. The van der Waals surface area contributed by atoms with Gasteiger partial charge in [0.05, 0.1) is 10.1 Å². The Balaban J connectivity index is 1.22. The van der Waals surface area contributed by atoms with Gasteiger partial charge in [-0.25, -0.2) is 13.4 Å². The largest absolute Gasteiger partial charge is 0.271 e. The van der Waals surface area contributed by atoms with Crippen LogP contribution in [0.3, 0.4) is 0 Å². The van der Waals surface area contributed by atoms with Crippen molar-refractivity contribution < 1.29 is 13.2 Å². The van der Waals surface area contributed by atoms with Crippen LogP contribution in [-0.2, 0) is 14.8 Å². The molecule has 3 fully saturated rings. The van der Waals surface area contributed by atoms with Crippen LogP contribution >= 0.6 is 23.4 Å². The van der Waals surface area contributed by atoms with E-state index in [2.05, 4.69) is 4.99 Å². The van der Waals surface area contributed by atoms with Gasteiger partial charge in [-0.15, -0.1) is 0 Å². The number of fused-ring (bicyclic) bond motifs is 2. The van der Waals surface area contributed by atoms with Gasteiger partial charge >= 0.3 is 0 Å². The van der Waals surface area contributed by atoms with Crippen LogP contribution in [0.1, 0.15) is 51.9 Å². The standard InChI is InChI=1S/C23H29ClN2O3S2/c1-23(22(27)25-21(30-23)14-17-13-15-6-7-16(17)12-15)18-8-10-26(11-9-18)31(28,29)20-5-3-2-4-19(20)24/h2-5,15-18H,6-14H2,1H3/t15-,16+,17-,23?/m1/s1. The first-order valence-electron chi connectivity index (χ1n) is 11.3. The van der Waals surface area contributed by atoms with Crippen molar-refractivity contribution in [2.24, 2.45) is 28.7 Å². The highest BCUT2D eigenvalue weighted by Gasteiger charge is 2.50. The second-order valence-electron chi connectivity index (χ2n) is 9.77. The zero-order chi connectivity index (χ0) is 21.8. The van der Waals surface area contributed by atoms with E-state index >= 15 is 0 Å². The summed E-state index contributed by atoms with van der Waals surface area (Å²) >= 11 is 7.80. The fraction of sp³-hybridized carbons (Fsp3) is 0.652. The summed E-state index contributed by atoms with van der Waals surface area (Å²) in [5.74, 6) is 2.52. The molecule has 1 aromatic carbocycles. The Bertz CT molecular complexity index is 1020. The van der Waals surface area contributed by atoms with Gasteiger partial charge in [0, 0.05) is 13.1 Å². The van der Waals surface area contributed by atoms with Crippen LogP contribution in [0.5, 0.6) is 0 Å². The molecule has 0 spiro atoms. The van der Waals surface area contributed by atoms with Gasteiger partial charge in [-0.1, -0.05) is 41.9 Å². The molecule has 8 heteroatoms. The average Bonchev–Trinajstić information content (AvgIpc) is 3.44. The minimum Gasteiger partial charge on any atom is -0.271 e.